The molecule has 47 heavy (non-hydrogen) atoms. The smallest absolute Gasteiger partial charge is 0.274 e. The topological polar surface area (TPSA) is 136 Å². The number of carbonyl (C=O) groups excluding carboxylic acids is 2. The van der Waals surface area contributed by atoms with Gasteiger partial charge >= 0.3 is 0 Å². The zero-order valence-electron chi connectivity index (χ0n) is 26.6. The van der Waals surface area contributed by atoms with E-state index in [9.17, 15) is 18.4 Å². The number of carbonyl (C=O) groups is 2. The van der Waals surface area contributed by atoms with Gasteiger partial charge in [0.1, 0.15) is 36.4 Å². The van der Waals surface area contributed by atoms with Gasteiger partial charge in [-0.3, -0.25) is 14.3 Å². The maximum absolute atomic E-state index is 14.6. The highest BCUT2D eigenvalue weighted by atomic mass is 35.5. The fourth-order valence-electron chi connectivity index (χ4n) is 5.15. The van der Waals surface area contributed by atoms with Gasteiger partial charge in [0.2, 0.25) is 17.6 Å². The van der Waals surface area contributed by atoms with Crippen LogP contribution in [0, 0.1) is 5.82 Å². The van der Waals surface area contributed by atoms with Gasteiger partial charge < -0.3 is 30.3 Å². The number of rotatable bonds is 12. The molecule has 0 aliphatic carbocycles. The summed E-state index contributed by atoms with van der Waals surface area (Å²) in [5.74, 6) is -0.490. The van der Waals surface area contributed by atoms with Crippen LogP contribution >= 0.6 is 11.6 Å². The second-order valence-corrected chi connectivity index (χ2v) is 12.7. The third-order valence-electron chi connectivity index (χ3n) is 7.24. The van der Waals surface area contributed by atoms with Gasteiger partial charge in [0.25, 0.3) is 5.88 Å². The monoisotopic (exact) mass is 670 g/mol. The van der Waals surface area contributed by atoms with E-state index in [1.807, 2.05) is 25.7 Å². The average Bonchev–Trinajstić information content (AvgIpc) is 3.56. The molecule has 1 atom stereocenters. The van der Waals surface area contributed by atoms with Crippen molar-refractivity contribution in [2.45, 2.75) is 58.3 Å². The molecule has 4 aromatic rings. The highest BCUT2D eigenvalue weighted by Crippen LogP contribution is 2.36. The number of hydrogen-bond donors (Lipinski definition) is 3. The van der Waals surface area contributed by atoms with E-state index in [0.717, 1.165) is 10.9 Å². The van der Waals surface area contributed by atoms with Crippen LogP contribution in [-0.4, -0.2) is 74.9 Å². The number of fused-ring (bicyclic) bond motifs is 1. The van der Waals surface area contributed by atoms with Crippen molar-refractivity contribution in [2.75, 3.05) is 37.4 Å². The number of halogens is 3. The summed E-state index contributed by atoms with van der Waals surface area (Å²) in [5.41, 5.74) is 1.04. The van der Waals surface area contributed by atoms with E-state index < -0.39 is 17.5 Å². The lowest BCUT2D eigenvalue weighted by Gasteiger charge is -2.20. The summed E-state index contributed by atoms with van der Waals surface area (Å²) < 4.78 is 40.3. The molecule has 15 heteroatoms. The predicted molar refractivity (Wildman–Crippen MR) is 175 cm³/mol. The average molecular weight is 671 g/mol. The van der Waals surface area contributed by atoms with Crippen LogP contribution in [0.4, 0.5) is 26.0 Å². The Morgan fingerprint density at radius 1 is 1.13 bits per heavy atom. The number of amides is 2. The molecule has 250 valence electrons. The zero-order chi connectivity index (χ0) is 33.7. The lowest BCUT2D eigenvalue weighted by molar-refractivity contribution is -0.123. The van der Waals surface area contributed by atoms with Gasteiger partial charge in [0.15, 0.2) is 0 Å². The van der Waals surface area contributed by atoms with Crippen LogP contribution in [0.1, 0.15) is 40.0 Å². The number of nitrogens with zero attached hydrogens (tertiary/aromatic N) is 5. The first-order chi connectivity index (χ1) is 22.4. The molecule has 2 aromatic carbocycles. The Hall–Kier alpha value is -4.56. The first kappa shape index (κ1) is 33.8. The van der Waals surface area contributed by atoms with Crippen LogP contribution in [0.2, 0.25) is 5.02 Å². The number of ether oxygens (including phenoxy) is 2. The van der Waals surface area contributed by atoms with Crippen LogP contribution in [0.25, 0.3) is 10.9 Å². The second-order valence-electron chi connectivity index (χ2n) is 12.3. The first-order valence-electron chi connectivity index (χ1n) is 15.1. The molecular formula is C32H37ClF2N8O4. The molecule has 1 aliphatic rings. The van der Waals surface area contributed by atoms with Crippen LogP contribution < -0.4 is 25.4 Å². The van der Waals surface area contributed by atoms with Crippen LogP contribution in [0.3, 0.4) is 0 Å². The summed E-state index contributed by atoms with van der Waals surface area (Å²) in [6.45, 7) is 7.14. The number of likely N-dealkylation sites (tertiary alicyclic amines) is 1. The standard InChI is InChI=1S/C32H37ClF2N8O4/c1-32(2,3)40-29(45)17-43-16-23(35)31(41-43)47-20-7-8-24(22(33)12-20)39-30-21-13-26(27(46-4)14-25(21)36-18-37-30)38-28(44)6-5-10-42-11-9-19(34)15-42/h7-8,12-14,16,18-19H,5-6,9-11,15,17H2,1-4H3,(H,38,44)(H,40,45)(H,36,37,39)/t19-/m0/s1. The number of benzene rings is 2. The first-order valence-corrected chi connectivity index (χ1v) is 15.5. The number of methoxy groups -OCH3 is 1. The van der Waals surface area contributed by atoms with Crippen molar-refractivity contribution < 1.29 is 27.8 Å². The minimum absolute atomic E-state index is 0.175. The molecule has 3 N–H and O–H groups in total. The van der Waals surface area contributed by atoms with Crippen LogP contribution in [0.5, 0.6) is 17.4 Å². The fraction of sp³-hybridized carbons (Fsp3) is 0.406. The highest BCUT2D eigenvalue weighted by molar-refractivity contribution is 6.33. The quantitative estimate of drug-likeness (QED) is 0.170. The number of alkyl halides is 1. The Bertz CT molecular complexity index is 1760. The highest BCUT2D eigenvalue weighted by Gasteiger charge is 2.22. The lowest BCUT2D eigenvalue weighted by atomic mass is 10.1. The Kier molecular flexibility index (Phi) is 10.4. The lowest BCUT2D eigenvalue weighted by Crippen LogP contribution is -2.42. The van der Waals surface area contributed by atoms with E-state index >= 15 is 0 Å². The van der Waals surface area contributed by atoms with Crippen molar-refractivity contribution in [3.8, 4) is 17.4 Å². The normalized spacial score (nSPS) is 15.1. The molecular weight excluding hydrogens is 634 g/mol. The molecule has 12 nitrogen and oxygen atoms in total. The van der Waals surface area contributed by atoms with Crippen molar-refractivity contribution in [1.29, 1.82) is 0 Å². The van der Waals surface area contributed by atoms with E-state index in [2.05, 4.69) is 31.0 Å². The van der Waals surface area contributed by atoms with Gasteiger partial charge in [0, 0.05) is 42.6 Å². The molecule has 0 radical (unpaired) electrons. The van der Waals surface area contributed by atoms with Crippen molar-refractivity contribution >= 4 is 51.5 Å². The van der Waals surface area contributed by atoms with E-state index in [-0.39, 0.29) is 41.4 Å². The maximum Gasteiger partial charge on any atom is 0.274 e. The number of hydrogen-bond acceptors (Lipinski definition) is 9. The molecule has 1 aliphatic heterocycles. The molecule has 0 bridgehead atoms. The molecule has 1 saturated heterocycles. The molecule has 2 aromatic heterocycles. The van der Waals surface area contributed by atoms with Crippen molar-refractivity contribution in [1.82, 2.24) is 30.0 Å². The van der Waals surface area contributed by atoms with Crippen molar-refractivity contribution in [3.05, 3.63) is 53.7 Å². The third kappa shape index (κ3) is 9.04. The SMILES string of the molecule is COc1cc2ncnc(Nc3ccc(Oc4nn(CC(=O)NC(C)(C)C)cc4F)cc3Cl)c2cc1NC(=O)CCCN1CC[C@H](F)C1. The fourth-order valence-corrected chi connectivity index (χ4v) is 5.37. The minimum Gasteiger partial charge on any atom is -0.494 e. The van der Waals surface area contributed by atoms with Gasteiger partial charge in [-0.15, -0.1) is 5.10 Å². The van der Waals surface area contributed by atoms with Crippen LogP contribution in [0.15, 0.2) is 42.9 Å². The van der Waals surface area contributed by atoms with Crippen molar-refractivity contribution in [2.24, 2.45) is 0 Å². The molecule has 0 spiro atoms. The molecule has 3 heterocycles. The summed E-state index contributed by atoms with van der Waals surface area (Å²) in [7, 11) is 1.50. The summed E-state index contributed by atoms with van der Waals surface area (Å²) in [5, 5.41) is 13.8. The molecule has 0 saturated carbocycles. The van der Waals surface area contributed by atoms with Gasteiger partial charge in [-0.05, 0) is 58.4 Å². The molecule has 5 rings (SSSR count). The van der Waals surface area contributed by atoms with E-state index in [1.165, 1.54) is 19.5 Å². The Morgan fingerprint density at radius 2 is 1.94 bits per heavy atom. The Labute approximate surface area is 275 Å². The van der Waals surface area contributed by atoms with Gasteiger partial charge in [0.05, 0.1) is 35.2 Å². The summed E-state index contributed by atoms with van der Waals surface area (Å²) in [6.07, 6.45) is 3.08. The van der Waals surface area contributed by atoms with Gasteiger partial charge in [-0.1, -0.05) is 11.6 Å². The number of aromatic nitrogens is 4. The van der Waals surface area contributed by atoms with E-state index in [4.69, 9.17) is 21.1 Å². The molecule has 2 amide bonds. The largest absolute Gasteiger partial charge is 0.494 e. The third-order valence-corrected chi connectivity index (χ3v) is 7.55. The number of anilines is 3. The zero-order valence-corrected chi connectivity index (χ0v) is 27.3. The minimum atomic E-state index is -0.794. The predicted octanol–water partition coefficient (Wildman–Crippen LogP) is 5.84. The Morgan fingerprint density at radius 3 is 2.64 bits per heavy atom. The van der Waals surface area contributed by atoms with Gasteiger partial charge in [-0.2, -0.15) is 4.39 Å². The van der Waals surface area contributed by atoms with Crippen molar-refractivity contribution in [3.63, 3.8) is 0 Å². The number of nitrogens with one attached hydrogen (secondary N) is 3. The summed E-state index contributed by atoms with van der Waals surface area (Å²) in [6, 6.07) is 8.11. The maximum atomic E-state index is 14.6. The van der Waals surface area contributed by atoms with Crippen LogP contribution in [-0.2, 0) is 16.1 Å². The summed E-state index contributed by atoms with van der Waals surface area (Å²) in [4.78, 5) is 35.7. The Balaban J connectivity index is 1.26. The van der Waals surface area contributed by atoms with Gasteiger partial charge in [-0.25, -0.2) is 14.4 Å². The summed E-state index contributed by atoms with van der Waals surface area (Å²) >= 11 is 6.56. The van der Waals surface area contributed by atoms with E-state index in [1.54, 1.807) is 24.3 Å². The van der Waals surface area contributed by atoms with E-state index in [0.29, 0.717) is 66.3 Å². The second kappa shape index (κ2) is 14.5. The molecule has 0 unspecified atom stereocenters. The molecule has 1 fully saturated rings.